The molecule has 16 heavy (non-hydrogen) atoms. The fourth-order valence-electron chi connectivity index (χ4n) is 3.06. The number of likely N-dealkylation sites (N-methyl/N-ethyl adjacent to an activating group) is 1. The quantitative estimate of drug-likeness (QED) is 0.790. The highest BCUT2D eigenvalue weighted by atomic mass is 15.1. The minimum absolute atomic E-state index is 0.346. The molecule has 0 heterocycles. The summed E-state index contributed by atoms with van der Waals surface area (Å²) < 4.78 is 0. The van der Waals surface area contributed by atoms with Gasteiger partial charge in [0.05, 0.1) is 0 Å². The van der Waals surface area contributed by atoms with E-state index in [1.165, 1.54) is 31.2 Å². The van der Waals surface area contributed by atoms with E-state index in [2.05, 4.69) is 37.2 Å². The van der Waals surface area contributed by atoms with Gasteiger partial charge in [-0.25, -0.2) is 0 Å². The Morgan fingerprint density at radius 2 is 1.94 bits per heavy atom. The third-order valence-electron chi connectivity index (χ3n) is 3.68. The van der Waals surface area contributed by atoms with E-state index in [0.29, 0.717) is 5.41 Å². The summed E-state index contributed by atoms with van der Waals surface area (Å²) in [6.45, 7) is 1.14. The van der Waals surface area contributed by atoms with Crippen LogP contribution >= 0.6 is 0 Å². The van der Waals surface area contributed by atoms with Crippen molar-refractivity contribution in [2.75, 3.05) is 26.4 Å². The van der Waals surface area contributed by atoms with Gasteiger partial charge in [-0.3, -0.25) is 0 Å². The molecule has 2 nitrogen and oxygen atoms in total. The number of anilines is 1. The second-order valence-electron chi connectivity index (χ2n) is 5.35. The van der Waals surface area contributed by atoms with E-state index in [0.717, 1.165) is 12.2 Å². The number of hydrogen-bond acceptors (Lipinski definition) is 2. The molecule has 2 N–H and O–H groups in total. The second kappa shape index (κ2) is 4.46. The molecule has 0 bridgehead atoms. The van der Waals surface area contributed by atoms with Crippen LogP contribution in [-0.2, 0) is 5.41 Å². The zero-order valence-corrected chi connectivity index (χ0v) is 10.4. The van der Waals surface area contributed by atoms with E-state index in [1.54, 1.807) is 0 Å². The van der Waals surface area contributed by atoms with Crippen LogP contribution < -0.4 is 5.73 Å². The van der Waals surface area contributed by atoms with Crippen molar-refractivity contribution >= 4 is 5.69 Å². The molecule has 0 atom stereocenters. The second-order valence-corrected chi connectivity index (χ2v) is 5.35. The van der Waals surface area contributed by atoms with Crippen LogP contribution in [0.4, 0.5) is 5.69 Å². The lowest BCUT2D eigenvalue weighted by Gasteiger charge is -2.33. The highest BCUT2D eigenvalue weighted by Crippen LogP contribution is 2.41. The Balaban J connectivity index is 2.31. The summed E-state index contributed by atoms with van der Waals surface area (Å²) in [5.41, 5.74) is 8.57. The van der Waals surface area contributed by atoms with E-state index >= 15 is 0 Å². The molecule has 0 amide bonds. The summed E-state index contributed by atoms with van der Waals surface area (Å²) in [7, 11) is 4.32. The zero-order chi connectivity index (χ0) is 11.6. The zero-order valence-electron chi connectivity index (χ0n) is 10.4. The number of nitrogens with zero attached hydrogens (tertiary/aromatic N) is 1. The smallest absolute Gasteiger partial charge is 0.0316 e. The Kier molecular flexibility index (Phi) is 3.20. The minimum Gasteiger partial charge on any atom is -0.399 e. The van der Waals surface area contributed by atoms with E-state index in [9.17, 15) is 0 Å². The van der Waals surface area contributed by atoms with Gasteiger partial charge in [-0.2, -0.15) is 0 Å². The van der Waals surface area contributed by atoms with Crippen LogP contribution in [0.1, 0.15) is 31.2 Å². The predicted molar refractivity (Wildman–Crippen MR) is 69.6 cm³/mol. The first-order valence-corrected chi connectivity index (χ1v) is 6.13. The fourth-order valence-corrected chi connectivity index (χ4v) is 3.06. The van der Waals surface area contributed by atoms with Gasteiger partial charge in [0.2, 0.25) is 0 Å². The molecule has 0 aliphatic heterocycles. The first kappa shape index (κ1) is 11.5. The molecule has 1 aliphatic rings. The first-order chi connectivity index (χ1) is 7.62. The Morgan fingerprint density at radius 3 is 2.50 bits per heavy atom. The van der Waals surface area contributed by atoms with Crippen LogP contribution in [0.2, 0.25) is 0 Å². The van der Waals surface area contributed by atoms with Crippen molar-refractivity contribution in [1.82, 2.24) is 4.90 Å². The average molecular weight is 218 g/mol. The van der Waals surface area contributed by atoms with Crippen LogP contribution in [-0.4, -0.2) is 25.5 Å². The van der Waals surface area contributed by atoms with E-state index in [4.69, 9.17) is 5.73 Å². The van der Waals surface area contributed by atoms with Gasteiger partial charge in [0.25, 0.3) is 0 Å². The molecule has 0 radical (unpaired) electrons. The molecule has 1 fully saturated rings. The summed E-state index contributed by atoms with van der Waals surface area (Å²) >= 11 is 0. The van der Waals surface area contributed by atoms with Gasteiger partial charge in [-0.05, 0) is 44.6 Å². The molecule has 0 saturated heterocycles. The molecule has 0 unspecified atom stereocenters. The molecular formula is C14H22N2. The third kappa shape index (κ3) is 2.22. The van der Waals surface area contributed by atoms with Crippen molar-refractivity contribution in [3.8, 4) is 0 Å². The third-order valence-corrected chi connectivity index (χ3v) is 3.68. The van der Waals surface area contributed by atoms with Crippen molar-refractivity contribution in [1.29, 1.82) is 0 Å². The molecule has 1 aliphatic carbocycles. The Bertz CT molecular complexity index is 352. The minimum atomic E-state index is 0.346. The highest BCUT2D eigenvalue weighted by Gasteiger charge is 2.35. The van der Waals surface area contributed by atoms with E-state index in [-0.39, 0.29) is 0 Å². The number of nitrogen functional groups attached to an aromatic ring is 1. The SMILES string of the molecule is CN(C)CC1(c2cccc(N)c2)CCCC1. The molecule has 0 aromatic heterocycles. The largest absolute Gasteiger partial charge is 0.399 e. The first-order valence-electron chi connectivity index (χ1n) is 6.13. The summed E-state index contributed by atoms with van der Waals surface area (Å²) in [6, 6.07) is 8.46. The van der Waals surface area contributed by atoms with E-state index < -0.39 is 0 Å². The molecule has 1 aromatic carbocycles. The van der Waals surface area contributed by atoms with Gasteiger partial charge in [-0.1, -0.05) is 25.0 Å². The molecule has 88 valence electrons. The van der Waals surface area contributed by atoms with Crippen LogP contribution in [0.5, 0.6) is 0 Å². The van der Waals surface area contributed by atoms with Gasteiger partial charge in [0.1, 0.15) is 0 Å². The van der Waals surface area contributed by atoms with Gasteiger partial charge in [0.15, 0.2) is 0 Å². The molecule has 2 heteroatoms. The van der Waals surface area contributed by atoms with Crippen LogP contribution in [0.15, 0.2) is 24.3 Å². The van der Waals surface area contributed by atoms with Crippen molar-refractivity contribution in [2.45, 2.75) is 31.1 Å². The van der Waals surface area contributed by atoms with Gasteiger partial charge in [0, 0.05) is 17.6 Å². The maximum absolute atomic E-state index is 5.90. The summed E-state index contributed by atoms with van der Waals surface area (Å²) in [4.78, 5) is 2.30. The van der Waals surface area contributed by atoms with Crippen molar-refractivity contribution in [3.63, 3.8) is 0 Å². The Hall–Kier alpha value is -1.02. The Morgan fingerprint density at radius 1 is 1.25 bits per heavy atom. The monoisotopic (exact) mass is 218 g/mol. The summed E-state index contributed by atoms with van der Waals surface area (Å²) in [6.07, 6.45) is 5.30. The van der Waals surface area contributed by atoms with Gasteiger partial charge < -0.3 is 10.6 Å². The maximum atomic E-state index is 5.90. The van der Waals surface area contributed by atoms with Crippen molar-refractivity contribution in [2.24, 2.45) is 0 Å². The number of rotatable bonds is 3. The van der Waals surface area contributed by atoms with E-state index in [1.807, 2.05) is 6.07 Å². The summed E-state index contributed by atoms with van der Waals surface area (Å²) in [5, 5.41) is 0. The van der Waals surface area contributed by atoms with Crippen molar-refractivity contribution < 1.29 is 0 Å². The van der Waals surface area contributed by atoms with Crippen LogP contribution in [0.25, 0.3) is 0 Å². The van der Waals surface area contributed by atoms with Gasteiger partial charge in [-0.15, -0.1) is 0 Å². The topological polar surface area (TPSA) is 29.3 Å². The number of nitrogens with two attached hydrogens (primary N) is 1. The fraction of sp³-hybridized carbons (Fsp3) is 0.571. The van der Waals surface area contributed by atoms with Crippen LogP contribution in [0, 0.1) is 0 Å². The number of benzene rings is 1. The molecule has 1 saturated carbocycles. The van der Waals surface area contributed by atoms with Crippen LogP contribution in [0.3, 0.4) is 0 Å². The Labute approximate surface area is 98.4 Å². The number of hydrogen-bond donors (Lipinski definition) is 1. The molecule has 0 spiro atoms. The molecule has 1 aromatic rings. The molecular weight excluding hydrogens is 196 g/mol. The lowest BCUT2D eigenvalue weighted by molar-refractivity contribution is 0.284. The average Bonchev–Trinajstić information content (AvgIpc) is 2.66. The molecule has 2 rings (SSSR count). The predicted octanol–water partition coefficient (Wildman–Crippen LogP) is 2.64. The van der Waals surface area contributed by atoms with Gasteiger partial charge >= 0.3 is 0 Å². The highest BCUT2D eigenvalue weighted by molar-refractivity contribution is 5.44. The standard InChI is InChI=1S/C14H22N2/c1-16(2)11-14(8-3-4-9-14)12-6-5-7-13(15)10-12/h5-7,10H,3-4,8-9,11,15H2,1-2H3. The summed E-state index contributed by atoms with van der Waals surface area (Å²) in [5.74, 6) is 0. The van der Waals surface area contributed by atoms with Crippen molar-refractivity contribution in [3.05, 3.63) is 29.8 Å². The lowest BCUT2D eigenvalue weighted by atomic mass is 9.78. The lowest BCUT2D eigenvalue weighted by Crippen LogP contribution is -2.35. The normalized spacial score (nSPS) is 19.2. The maximum Gasteiger partial charge on any atom is 0.0316 e.